The van der Waals surface area contributed by atoms with E-state index in [2.05, 4.69) is 36.4 Å². The van der Waals surface area contributed by atoms with Crippen LogP contribution >= 0.6 is 11.3 Å². The van der Waals surface area contributed by atoms with Gasteiger partial charge in [-0.05, 0) is 43.7 Å². The zero-order valence-electron chi connectivity index (χ0n) is 11.7. The maximum absolute atomic E-state index is 6.14. The molecule has 0 aromatic carbocycles. The van der Waals surface area contributed by atoms with Gasteiger partial charge in [0.05, 0.1) is 0 Å². The summed E-state index contributed by atoms with van der Waals surface area (Å²) in [6.45, 7) is 4.22. The van der Waals surface area contributed by atoms with Crippen molar-refractivity contribution in [1.29, 1.82) is 0 Å². The van der Waals surface area contributed by atoms with Gasteiger partial charge in [-0.15, -0.1) is 11.3 Å². The van der Waals surface area contributed by atoms with Crippen molar-refractivity contribution in [3.63, 3.8) is 0 Å². The largest absolute Gasteiger partial charge is 0.329 e. The highest BCUT2D eigenvalue weighted by Gasteiger charge is 2.34. The van der Waals surface area contributed by atoms with E-state index in [1.54, 1.807) is 0 Å². The van der Waals surface area contributed by atoms with Gasteiger partial charge in [-0.25, -0.2) is 0 Å². The third kappa shape index (κ3) is 3.14. The van der Waals surface area contributed by atoms with Gasteiger partial charge in [-0.1, -0.05) is 25.8 Å². The Bertz CT molecular complexity index is 349. The maximum atomic E-state index is 6.14. The smallest absolute Gasteiger partial charge is 0.0332 e. The van der Waals surface area contributed by atoms with Crippen molar-refractivity contribution >= 4 is 11.3 Å². The summed E-state index contributed by atoms with van der Waals surface area (Å²) in [5.74, 6) is 0.869. The van der Waals surface area contributed by atoms with Crippen molar-refractivity contribution in [2.24, 2.45) is 11.7 Å². The highest BCUT2D eigenvalue weighted by atomic mass is 32.1. The third-order valence-corrected chi connectivity index (χ3v) is 5.47. The predicted molar refractivity (Wildman–Crippen MR) is 79.8 cm³/mol. The molecule has 0 spiro atoms. The molecule has 0 aliphatic heterocycles. The molecular formula is C15H26N2S. The third-order valence-electron chi connectivity index (χ3n) is 4.60. The standard InChI is InChI=1S/C15H26N2S/c1-13-5-3-8-15(12-16,9-7-13)17(2)11-14-6-4-10-18-14/h4,6,10,13H,3,5,7-9,11-12,16H2,1-2H3. The molecule has 0 saturated heterocycles. The minimum absolute atomic E-state index is 0.231. The average Bonchev–Trinajstić information content (AvgIpc) is 2.78. The van der Waals surface area contributed by atoms with Gasteiger partial charge in [0.15, 0.2) is 0 Å². The van der Waals surface area contributed by atoms with E-state index in [9.17, 15) is 0 Å². The number of nitrogens with two attached hydrogens (primary N) is 1. The van der Waals surface area contributed by atoms with Gasteiger partial charge in [-0.2, -0.15) is 0 Å². The SMILES string of the molecule is CC1CCCC(CN)(N(C)Cc2cccs2)CC1. The Morgan fingerprint density at radius 1 is 1.44 bits per heavy atom. The number of likely N-dealkylation sites (N-methyl/N-ethyl adjacent to an activating group) is 1. The monoisotopic (exact) mass is 266 g/mol. The van der Waals surface area contributed by atoms with Crippen LogP contribution in [0.25, 0.3) is 0 Å². The van der Waals surface area contributed by atoms with E-state index in [-0.39, 0.29) is 5.54 Å². The highest BCUT2D eigenvalue weighted by Crippen LogP contribution is 2.34. The molecule has 1 saturated carbocycles. The van der Waals surface area contributed by atoms with Crippen molar-refractivity contribution < 1.29 is 0 Å². The topological polar surface area (TPSA) is 29.3 Å². The fraction of sp³-hybridized carbons (Fsp3) is 0.733. The Labute approximate surface area is 115 Å². The second-order valence-corrected chi connectivity index (χ2v) is 6.93. The van der Waals surface area contributed by atoms with Crippen LogP contribution < -0.4 is 5.73 Å². The van der Waals surface area contributed by atoms with E-state index in [1.165, 1.54) is 37.0 Å². The molecule has 1 aliphatic carbocycles. The van der Waals surface area contributed by atoms with Crippen molar-refractivity contribution in [2.45, 2.75) is 51.1 Å². The zero-order chi connectivity index (χ0) is 13.0. The van der Waals surface area contributed by atoms with Crippen LogP contribution in [-0.2, 0) is 6.54 Å². The van der Waals surface area contributed by atoms with E-state index in [0.717, 1.165) is 19.0 Å². The van der Waals surface area contributed by atoms with Gasteiger partial charge in [0.1, 0.15) is 0 Å². The molecule has 1 aliphatic rings. The number of rotatable bonds is 4. The summed E-state index contributed by atoms with van der Waals surface area (Å²) >= 11 is 1.85. The summed E-state index contributed by atoms with van der Waals surface area (Å²) in [5, 5.41) is 2.16. The molecule has 2 atom stereocenters. The summed E-state index contributed by atoms with van der Waals surface area (Å²) in [7, 11) is 2.25. The Morgan fingerprint density at radius 3 is 2.94 bits per heavy atom. The summed E-state index contributed by atoms with van der Waals surface area (Å²) in [4.78, 5) is 3.96. The second-order valence-electron chi connectivity index (χ2n) is 5.90. The van der Waals surface area contributed by atoms with Gasteiger partial charge in [-0.3, -0.25) is 4.90 Å². The quantitative estimate of drug-likeness (QED) is 0.845. The molecule has 1 aromatic heterocycles. The zero-order valence-corrected chi connectivity index (χ0v) is 12.5. The van der Waals surface area contributed by atoms with Crippen molar-refractivity contribution in [3.8, 4) is 0 Å². The molecule has 2 rings (SSSR count). The molecule has 0 amide bonds. The fourth-order valence-electron chi connectivity index (χ4n) is 3.11. The van der Waals surface area contributed by atoms with Crippen LogP contribution in [0.2, 0.25) is 0 Å². The van der Waals surface area contributed by atoms with E-state index in [0.29, 0.717) is 0 Å². The molecule has 102 valence electrons. The molecule has 0 radical (unpaired) electrons. The van der Waals surface area contributed by atoms with Gasteiger partial charge in [0, 0.05) is 23.5 Å². The minimum Gasteiger partial charge on any atom is -0.329 e. The first-order valence-corrected chi connectivity index (χ1v) is 7.98. The fourth-order valence-corrected chi connectivity index (χ4v) is 3.87. The molecule has 2 N–H and O–H groups in total. The Balaban J connectivity index is 2.05. The van der Waals surface area contributed by atoms with Crippen LogP contribution in [-0.4, -0.2) is 24.0 Å². The van der Waals surface area contributed by atoms with Gasteiger partial charge in [0.25, 0.3) is 0 Å². The van der Waals surface area contributed by atoms with E-state index >= 15 is 0 Å². The van der Waals surface area contributed by atoms with Crippen LogP contribution in [0.4, 0.5) is 0 Å². The van der Waals surface area contributed by atoms with Crippen molar-refractivity contribution in [3.05, 3.63) is 22.4 Å². The lowest BCUT2D eigenvalue weighted by molar-refractivity contribution is 0.0997. The molecule has 1 fully saturated rings. The second kappa shape index (κ2) is 6.18. The van der Waals surface area contributed by atoms with Crippen LogP contribution in [0.3, 0.4) is 0 Å². The van der Waals surface area contributed by atoms with Crippen LogP contribution in [0.1, 0.15) is 43.9 Å². The number of thiophene rings is 1. The maximum Gasteiger partial charge on any atom is 0.0332 e. The summed E-state index contributed by atoms with van der Waals surface area (Å²) in [5.41, 5.74) is 6.38. The van der Waals surface area contributed by atoms with Crippen LogP contribution in [0.15, 0.2) is 17.5 Å². The lowest BCUT2D eigenvalue weighted by Crippen LogP contribution is -2.51. The lowest BCUT2D eigenvalue weighted by Gasteiger charge is -2.41. The molecule has 1 heterocycles. The Kier molecular flexibility index (Phi) is 4.82. The first kappa shape index (κ1) is 14.0. The molecule has 18 heavy (non-hydrogen) atoms. The van der Waals surface area contributed by atoms with Crippen molar-refractivity contribution in [1.82, 2.24) is 4.90 Å². The first-order chi connectivity index (χ1) is 8.66. The molecule has 0 bridgehead atoms. The van der Waals surface area contributed by atoms with Gasteiger partial charge in [0.2, 0.25) is 0 Å². The Hall–Kier alpha value is -0.380. The Morgan fingerprint density at radius 2 is 2.28 bits per heavy atom. The van der Waals surface area contributed by atoms with Crippen molar-refractivity contribution in [2.75, 3.05) is 13.6 Å². The van der Waals surface area contributed by atoms with Crippen LogP contribution in [0, 0.1) is 5.92 Å². The first-order valence-electron chi connectivity index (χ1n) is 7.10. The molecule has 2 unspecified atom stereocenters. The van der Waals surface area contributed by atoms with E-state index < -0.39 is 0 Å². The normalized spacial score (nSPS) is 29.4. The summed E-state index contributed by atoms with van der Waals surface area (Å²) in [6, 6.07) is 4.36. The number of hydrogen-bond donors (Lipinski definition) is 1. The molecule has 3 heteroatoms. The molecule has 1 aromatic rings. The summed E-state index contributed by atoms with van der Waals surface area (Å²) < 4.78 is 0. The average molecular weight is 266 g/mol. The predicted octanol–water partition coefficient (Wildman–Crippen LogP) is 3.48. The molecular weight excluding hydrogens is 240 g/mol. The van der Waals surface area contributed by atoms with Crippen LogP contribution in [0.5, 0.6) is 0 Å². The molecule has 2 nitrogen and oxygen atoms in total. The summed E-state index contributed by atoms with van der Waals surface area (Å²) in [6.07, 6.45) is 6.54. The minimum atomic E-state index is 0.231. The highest BCUT2D eigenvalue weighted by molar-refractivity contribution is 7.09. The van der Waals surface area contributed by atoms with Gasteiger partial charge < -0.3 is 5.73 Å². The number of hydrogen-bond acceptors (Lipinski definition) is 3. The number of nitrogens with zero attached hydrogens (tertiary/aromatic N) is 1. The van der Waals surface area contributed by atoms with E-state index in [4.69, 9.17) is 5.73 Å². The van der Waals surface area contributed by atoms with E-state index in [1.807, 2.05) is 11.3 Å². The lowest BCUT2D eigenvalue weighted by atomic mass is 9.88. The van der Waals surface area contributed by atoms with Gasteiger partial charge >= 0.3 is 0 Å².